The molecule has 0 fully saturated rings. The number of nitrogens with one attached hydrogen (secondary N) is 2. The number of halogens is 3. The van der Waals surface area contributed by atoms with Crippen molar-refractivity contribution in [2.45, 2.75) is 39.7 Å². The first kappa shape index (κ1) is 19.6. The Balaban J connectivity index is 2.04. The number of guanidine groups is 1. The third-order valence-electron chi connectivity index (χ3n) is 3.35. The summed E-state index contributed by atoms with van der Waals surface area (Å²) in [6.07, 6.45) is -3.97. The molecule has 0 unspecified atom stereocenters. The van der Waals surface area contributed by atoms with Crippen LogP contribution in [0.1, 0.15) is 30.9 Å². The monoisotopic (exact) mass is 370 g/mol. The van der Waals surface area contributed by atoms with Gasteiger partial charge in [0.05, 0.1) is 18.8 Å². The number of nitrogens with zero attached hydrogens (tertiary/aromatic N) is 2. The smallest absolute Gasteiger partial charge is 0.405 e. The van der Waals surface area contributed by atoms with Crippen LogP contribution < -0.4 is 15.4 Å². The number of rotatable bonds is 7. The van der Waals surface area contributed by atoms with Gasteiger partial charge in [-0.2, -0.15) is 0 Å². The Morgan fingerprint density at radius 3 is 2.65 bits per heavy atom. The molecule has 1 aromatic heterocycles. The molecule has 0 radical (unpaired) electrons. The van der Waals surface area contributed by atoms with Crippen molar-refractivity contribution >= 4 is 5.96 Å². The molecule has 0 atom stereocenters. The predicted octanol–water partition coefficient (Wildman–Crippen LogP) is 3.39. The van der Waals surface area contributed by atoms with E-state index in [4.69, 9.17) is 4.52 Å². The maximum absolute atomic E-state index is 12.5. The van der Waals surface area contributed by atoms with E-state index < -0.39 is 6.36 Å². The van der Waals surface area contributed by atoms with Gasteiger partial charge in [-0.25, -0.2) is 4.99 Å². The van der Waals surface area contributed by atoms with Gasteiger partial charge >= 0.3 is 6.36 Å². The first-order valence-corrected chi connectivity index (χ1v) is 8.21. The molecule has 2 aromatic rings. The molecule has 0 aliphatic rings. The van der Waals surface area contributed by atoms with E-state index in [-0.39, 0.29) is 12.3 Å². The number of hydrogen-bond donors (Lipinski definition) is 2. The Hall–Kier alpha value is -2.71. The lowest BCUT2D eigenvalue weighted by Gasteiger charge is -2.13. The van der Waals surface area contributed by atoms with E-state index in [1.165, 1.54) is 18.2 Å². The number of alkyl halides is 3. The van der Waals surface area contributed by atoms with Gasteiger partial charge in [0.1, 0.15) is 5.75 Å². The number of aromatic nitrogens is 1. The first-order chi connectivity index (χ1) is 12.4. The summed E-state index contributed by atoms with van der Waals surface area (Å²) in [6, 6.07) is 7.75. The SMILES string of the molecule is CCNC(=NCc1ccccc1OC(F)(F)F)NCc1cc(CC)no1. The Kier molecular flexibility index (Phi) is 6.88. The van der Waals surface area contributed by atoms with Gasteiger partial charge in [-0.15, -0.1) is 13.2 Å². The average molecular weight is 370 g/mol. The van der Waals surface area contributed by atoms with Crippen molar-refractivity contribution in [1.29, 1.82) is 0 Å². The molecule has 1 heterocycles. The quantitative estimate of drug-likeness (QED) is 0.577. The highest BCUT2D eigenvalue weighted by Gasteiger charge is 2.31. The molecule has 0 aliphatic carbocycles. The zero-order chi connectivity index (χ0) is 19.0. The molecule has 0 aliphatic heterocycles. The molecule has 0 amide bonds. The summed E-state index contributed by atoms with van der Waals surface area (Å²) in [7, 11) is 0. The molecule has 6 nitrogen and oxygen atoms in total. The van der Waals surface area contributed by atoms with Gasteiger partial charge in [0.25, 0.3) is 0 Å². The maximum Gasteiger partial charge on any atom is 0.573 e. The highest BCUT2D eigenvalue weighted by Crippen LogP contribution is 2.26. The van der Waals surface area contributed by atoms with Gasteiger partial charge in [-0.1, -0.05) is 30.3 Å². The maximum atomic E-state index is 12.5. The van der Waals surface area contributed by atoms with E-state index in [1.54, 1.807) is 6.07 Å². The molecule has 26 heavy (non-hydrogen) atoms. The van der Waals surface area contributed by atoms with Crippen LogP contribution in [-0.2, 0) is 19.5 Å². The Morgan fingerprint density at radius 1 is 1.23 bits per heavy atom. The molecule has 2 rings (SSSR count). The van der Waals surface area contributed by atoms with Crippen LogP contribution in [0, 0.1) is 0 Å². The van der Waals surface area contributed by atoms with Crippen molar-refractivity contribution < 1.29 is 22.4 Å². The number of benzene rings is 1. The Bertz CT molecular complexity index is 729. The average Bonchev–Trinajstić information content (AvgIpc) is 3.05. The van der Waals surface area contributed by atoms with Gasteiger partial charge in [0, 0.05) is 18.2 Å². The topological polar surface area (TPSA) is 71.7 Å². The minimum Gasteiger partial charge on any atom is -0.405 e. The zero-order valence-corrected chi connectivity index (χ0v) is 14.6. The fraction of sp³-hybridized carbons (Fsp3) is 0.412. The van der Waals surface area contributed by atoms with Crippen LogP contribution in [0.2, 0.25) is 0 Å². The second kappa shape index (κ2) is 9.12. The van der Waals surface area contributed by atoms with Crippen LogP contribution in [0.5, 0.6) is 5.75 Å². The molecule has 0 saturated carbocycles. The van der Waals surface area contributed by atoms with E-state index in [1.807, 2.05) is 19.9 Å². The van der Waals surface area contributed by atoms with Crippen molar-refractivity contribution in [2.24, 2.45) is 4.99 Å². The second-order valence-corrected chi connectivity index (χ2v) is 5.34. The van der Waals surface area contributed by atoms with E-state index >= 15 is 0 Å². The summed E-state index contributed by atoms with van der Waals surface area (Å²) in [5.41, 5.74) is 1.18. The van der Waals surface area contributed by atoms with E-state index in [9.17, 15) is 13.2 Å². The Labute approximate surface area is 149 Å². The zero-order valence-electron chi connectivity index (χ0n) is 14.6. The molecule has 0 spiro atoms. The molecular formula is C17H21F3N4O2. The number of hydrogen-bond acceptors (Lipinski definition) is 4. The number of aliphatic imine (C=N–C) groups is 1. The summed E-state index contributed by atoms with van der Waals surface area (Å²) in [4.78, 5) is 4.30. The standard InChI is InChI=1S/C17H21F3N4O2/c1-3-13-9-14(26-24-13)11-23-16(21-4-2)22-10-12-7-5-6-8-15(12)25-17(18,19)20/h5-9H,3-4,10-11H2,1-2H3,(H2,21,22,23). The van der Waals surface area contributed by atoms with Crippen LogP contribution in [0.4, 0.5) is 13.2 Å². The van der Waals surface area contributed by atoms with Gasteiger partial charge in [0.15, 0.2) is 11.7 Å². The van der Waals surface area contributed by atoms with Crippen LogP contribution >= 0.6 is 0 Å². The summed E-state index contributed by atoms with van der Waals surface area (Å²) in [5.74, 6) is 0.833. The summed E-state index contributed by atoms with van der Waals surface area (Å²) >= 11 is 0. The third kappa shape index (κ3) is 6.30. The number of aryl methyl sites for hydroxylation is 1. The van der Waals surface area contributed by atoms with Gasteiger partial charge in [0.2, 0.25) is 0 Å². The van der Waals surface area contributed by atoms with E-state index in [0.717, 1.165) is 12.1 Å². The molecule has 9 heteroatoms. The highest BCUT2D eigenvalue weighted by molar-refractivity contribution is 5.79. The highest BCUT2D eigenvalue weighted by atomic mass is 19.4. The van der Waals surface area contributed by atoms with Gasteiger partial charge in [-0.05, 0) is 19.4 Å². The van der Waals surface area contributed by atoms with Crippen molar-refractivity contribution in [1.82, 2.24) is 15.8 Å². The predicted molar refractivity (Wildman–Crippen MR) is 90.7 cm³/mol. The summed E-state index contributed by atoms with van der Waals surface area (Å²) in [5, 5.41) is 9.98. The van der Waals surface area contributed by atoms with Crippen molar-refractivity contribution in [3.05, 3.63) is 47.3 Å². The van der Waals surface area contributed by atoms with Crippen LogP contribution in [0.25, 0.3) is 0 Å². The largest absolute Gasteiger partial charge is 0.573 e. The minimum absolute atomic E-state index is 0.0260. The third-order valence-corrected chi connectivity index (χ3v) is 3.35. The van der Waals surface area contributed by atoms with Crippen LogP contribution in [0.3, 0.4) is 0 Å². The fourth-order valence-corrected chi connectivity index (χ4v) is 2.14. The molecule has 142 valence electrons. The molecule has 0 bridgehead atoms. The second-order valence-electron chi connectivity index (χ2n) is 5.34. The van der Waals surface area contributed by atoms with Crippen molar-refractivity contribution in [2.75, 3.05) is 6.54 Å². The lowest BCUT2D eigenvalue weighted by molar-refractivity contribution is -0.274. The van der Waals surface area contributed by atoms with E-state index in [2.05, 4.69) is 25.5 Å². The molecule has 1 aromatic carbocycles. The molecular weight excluding hydrogens is 349 g/mol. The van der Waals surface area contributed by atoms with Gasteiger partial charge in [-0.3, -0.25) is 0 Å². The fourth-order valence-electron chi connectivity index (χ4n) is 2.14. The van der Waals surface area contributed by atoms with Crippen LogP contribution in [-0.4, -0.2) is 24.0 Å². The van der Waals surface area contributed by atoms with Gasteiger partial charge < -0.3 is 19.9 Å². The van der Waals surface area contributed by atoms with E-state index in [0.29, 0.717) is 30.4 Å². The lowest BCUT2D eigenvalue weighted by Crippen LogP contribution is -2.36. The summed E-state index contributed by atoms with van der Waals surface area (Å²) in [6.45, 7) is 4.85. The minimum atomic E-state index is -4.74. The number of ether oxygens (including phenoxy) is 1. The normalized spacial score (nSPS) is 12.1. The lowest BCUT2D eigenvalue weighted by atomic mass is 10.2. The Morgan fingerprint density at radius 2 is 2.00 bits per heavy atom. The summed E-state index contributed by atoms with van der Waals surface area (Å²) < 4.78 is 46.7. The molecule has 0 saturated heterocycles. The molecule has 2 N–H and O–H groups in total. The van der Waals surface area contributed by atoms with Crippen molar-refractivity contribution in [3.63, 3.8) is 0 Å². The first-order valence-electron chi connectivity index (χ1n) is 8.21. The van der Waals surface area contributed by atoms with Crippen LogP contribution in [0.15, 0.2) is 39.8 Å². The number of para-hydroxylation sites is 1. The van der Waals surface area contributed by atoms with Crippen molar-refractivity contribution in [3.8, 4) is 5.75 Å².